The van der Waals surface area contributed by atoms with Crippen LogP contribution in [0.4, 0.5) is 5.69 Å². The van der Waals surface area contributed by atoms with Crippen molar-refractivity contribution in [2.45, 2.75) is 6.54 Å². The van der Waals surface area contributed by atoms with Crippen molar-refractivity contribution < 1.29 is 9.47 Å². The number of pyridine rings is 1. The first-order valence-electron chi connectivity index (χ1n) is 6.62. The fourth-order valence-electron chi connectivity index (χ4n) is 1.78. The molecule has 110 valence electrons. The minimum atomic E-state index is -0.180. The number of nitrogens with zero attached hydrogens (tertiary/aromatic N) is 1. The van der Waals surface area contributed by atoms with Gasteiger partial charge in [-0.1, -0.05) is 12.7 Å². The van der Waals surface area contributed by atoms with Crippen LogP contribution in [0.2, 0.25) is 0 Å². The Labute approximate surface area is 123 Å². The first-order valence-corrected chi connectivity index (χ1v) is 6.62. The molecule has 2 rings (SSSR count). The molecule has 0 saturated heterocycles. The lowest BCUT2D eigenvalue weighted by Gasteiger charge is -2.10. The minimum Gasteiger partial charge on any atom is -0.492 e. The van der Waals surface area contributed by atoms with E-state index in [9.17, 15) is 4.79 Å². The Kier molecular flexibility index (Phi) is 5.04. The Bertz CT molecular complexity index is 647. The van der Waals surface area contributed by atoms with Crippen LogP contribution in [0.1, 0.15) is 0 Å². The van der Waals surface area contributed by atoms with Crippen molar-refractivity contribution in [2.24, 2.45) is 0 Å². The number of benzene rings is 1. The van der Waals surface area contributed by atoms with Crippen LogP contribution in [0, 0.1) is 0 Å². The fraction of sp³-hybridized carbons (Fsp3) is 0.188. The first kappa shape index (κ1) is 14.7. The highest BCUT2D eigenvalue weighted by atomic mass is 16.5. The van der Waals surface area contributed by atoms with E-state index < -0.39 is 0 Å². The summed E-state index contributed by atoms with van der Waals surface area (Å²) >= 11 is 0. The van der Waals surface area contributed by atoms with E-state index >= 15 is 0 Å². The second-order valence-corrected chi connectivity index (χ2v) is 4.39. The Balaban J connectivity index is 1.95. The highest BCUT2D eigenvalue weighted by molar-refractivity contribution is 5.41. The zero-order chi connectivity index (χ0) is 15.1. The highest BCUT2D eigenvalue weighted by Crippen LogP contribution is 2.12. The molecule has 0 fully saturated rings. The van der Waals surface area contributed by atoms with E-state index in [0.717, 1.165) is 5.75 Å². The largest absolute Gasteiger partial charge is 0.492 e. The van der Waals surface area contributed by atoms with E-state index in [1.807, 2.05) is 0 Å². The second-order valence-electron chi connectivity index (χ2n) is 4.39. The second kappa shape index (κ2) is 7.19. The van der Waals surface area contributed by atoms with Crippen LogP contribution in [-0.2, 0) is 6.54 Å². The summed E-state index contributed by atoms with van der Waals surface area (Å²) in [6.45, 7) is 4.68. The summed E-state index contributed by atoms with van der Waals surface area (Å²) in [7, 11) is 0. The summed E-state index contributed by atoms with van der Waals surface area (Å²) in [5, 5.41) is 0. The van der Waals surface area contributed by atoms with Crippen molar-refractivity contribution in [1.82, 2.24) is 4.57 Å². The Hall–Kier alpha value is -2.69. The summed E-state index contributed by atoms with van der Waals surface area (Å²) in [5.41, 5.74) is 6.11. The number of nitrogens with two attached hydrogens (primary N) is 1. The zero-order valence-electron chi connectivity index (χ0n) is 11.7. The van der Waals surface area contributed by atoms with Gasteiger partial charge in [0.05, 0.1) is 6.54 Å². The lowest BCUT2D eigenvalue weighted by molar-refractivity contribution is 0.293. The van der Waals surface area contributed by atoms with Crippen LogP contribution in [0.3, 0.4) is 0 Å². The molecule has 0 aliphatic rings. The van der Waals surface area contributed by atoms with Gasteiger partial charge in [0.2, 0.25) is 0 Å². The third-order valence-corrected chi connectivity index (χ3v) is 2.82. The Morgan fingerprint density at radius 3 is 2.67 bits per heavy atom. The van der Waals surface area contributed by atoms with Gasteiger partial charge in [0.15, 0.2) is 5.75 Å². The Morgan fingerprint density at radius 2 is 1.95 bits per heavy atom. The van der Waals surface area contributed by atoms with Crippen molar-refractivity contribution >= 4 is 5.69 Å². The molecule has 5 heteroatoms. The number of hydrogen-bond acceptors (Lipinski definition) is 4. The SMILES string of the molecule is C=CCOc1cccn(CCOc2ccc(N)cc2)c1=O. The van der Waals surface area contributed by atoms with Gasteiger partial charge in [-0.2, -0.15) is 0 Å². The van der Waals surface area contributed by atoms with Crippen molar-refractivity contribution in [2.75, 3.05) is 18.9 Å². The standard InChI is InChI=1S/C16H18N2O3/c1-2-11-21-15-4-3-9-18(16(15)19)10-12-20-14-7-5-13(17)6-8-14/h2-9H,1,10-12,17H2. The molecule has 0 aliphatic heterocycles. The third-order valence-electron chi connectivity index (χ3n) is 2.82. The summed E-state index contributed by atoms with van der Waals surface area (Å²) in [6.07, 6.45) is 3.30. The quantitative estimate of drug-likeness (QED) is 0.625. The monoisotopic (exact) mass is 286 g/mol. The molecule has 2 aromatic rings. The maximum absolute atomic E-state index is 12.1. The predicted molar refractivity (Wildman–Crippen MR) is 82.7 cm³/mol. The molecule has 0 radical (unpaired) electrons. The van der Waals surface area contributed by atoms with Gasteiger partial charge in [0, 0.05) is 11.9 Å². The van der Waals surface area contributed by atoms with Gasteiger partial charge in [-0.25, -0.2) is 0 Å². The van der Waals surface area contributed by atoms with Crippen LogP contribution in [-0.4, -0.2) is 17.8 Å². The molecular formula is C16H18N2O3. The molecule has 5 nitrogen and oxygen atoms in total. The highest BCUT2D eigenvalue weighted by Gasteiger charge is 2.03. The first-order chi connectivity index (χ1) is 10.2. The van der Waals surface area contributed by atoms with E-state index in [1.165, 1.54) is 0 Å². The van der Waals surface area contributed by atoms with Crippen LogP contribution < -0.4 is 20.8 Å². The summed E-state index contributed by atoms with van der Waals surface area (Å²) in [4.78, 5) is 12.1. The van der Waals surface area contributed by atoms with Crippen LogP contribution in [0.15, 0.2) is 60.0 Å². The van der Waals surface area contributed by atoms with Crippen molar-refractivity contribution in [3.8, 4) is 11.5 Å². The topological polar surface area (TPSA) is 66.5 Å². The molecule has 0 saturated carbocycles. The van der Waals surface area contributed by atoms with Crippen molar-refractivity contribution in [3.05, 3.63) is 65.6 Å². The van der Waals surface area contributed by atoms with Gasteiger partial charge in [-0.05, 0) is 36.4 Å². The van der Waals surface area contributed by atoms with Gasteiger partial charge < -0.3 is 19.8 Å². The number of aromatic nitrogens is 1. The summed E-state index contributed by atoms with van der Waals surface area (Å²) in [5.74, 6) is 1.03. The molecule has 1 aromatic carbocycles. The molecule has 21 heavy (non-hydrogen) atoms. The van der Waals surface area contributed by atoms with Gasteiger partial charge in [0.1, 0.15) is 19.0 Å². The smallest absolute Gasteiger partial charge is 0.292 e. The van der Waals surface area contributed by atoms with Gasteiger partial charge >= 0.3 is 0 Å². The molecule has 0 amide bonds. The van der Waals surface area contributed by atoms with E-state index in [4.69, 9.17) is 15.2 Å². The van der Waals surface area contributed by atoms with Gasteiger partial charge in [-0.3, -0.25) is 4.79 Å². The average Bonchev–Trinajstić information content (AvgIpc) is 2.50. The maximum Gasteiger partial charge on any atom is 0.292 e. The van der Waals surface area contributed by atoms with E-state index in [-0.39, 0.29) is 5.56 Å². The zero-order valence-corrected chi connectivity index (χ0v) is 11.7. The van der Waals surface area contributed by atoms with E-state index in [1.54, 1.807) is 53.2 Å². The van der Waals surface area contributed by atoms with E-state index in [2.05, 4.69) is 6.58 Å². The number of anilines is 1. The molecular weight excluding hydrogens is 268 g/mol. The molecule has 0 unspecified atom stereocenters. The van der Waals surface area contributed by atoms with Crippen LogP contribution in [0.5, 0.6) is 11.5 Å². The Morgan fingerprint density at radius 1 is 1.19 bits per heavy atom. The molecule has 2 N–H and O–H groups in total. The molecule has 0 spiro atoms. The summed E-state index contributed by atoms with van der Waals surface area (Å²) < 4.78 is 12.4. The van der Waals surface area contributed by atoms with Gasteiger partial charge in [-0.15, -0.1) is 0 Å². The lowest BCUT2D eigenvalue weighted by Crippen LogP contribution is -2.23. The molecule has 1 aromatic heterocycles. The number of rotatable bonds is 7. The number of hydrogen-bond donors (Lipinski definition) is 1. The van der Waals surface area contributed by atoms with Crippen molar-refractivity contribution in [1.29, 1.82) is 0 Å². The fourth-order valence-corrected chi connectivity index (χ4v) is 1.78. The molecule has 1 heterocycles. The van der Waals surface area contributed by atoms with E-state index in [0.29, 0.717) is 31.2 Å². The summed E-state index contributed by atoms with van der Waals surface area (Å²) in [6, 6.07) is 10.5. The lowest BCUT2D eigenvalue weighted by atomic mass is 10.3. The van der Waals surface area contributed by atoms with Crippen molar-refractivity contribution in [3.63, 3.8) is 0 Å². The average molecular weight is 286 g/mol. The van der Waals surface area contributed by atoms with Crippen LogP contribution in [0.25, 0.3) is 0 Å². The minimum absolute atomic E-state index is 0.180. The van der Waals surface area contributed by atoms with Gasteiger partial charge in [0.25, 0.3) is 5.56 Å². The molecule has 0 aliphatic carbocycles. The molecule has 0 bridgehead atoms. The van der Waals surface area contributed by atoms with Crippen LogP contribution >= 0.6 is 0 Å². The third kappa shape index (κ3) is 4.14. The maximum atomic E-state index is 12.1. The number of nitrogen functional groups attached to an aromatic ring is 1. The normalized spacial score (nSPS) is 10.1. The molecule has 0 atom stereocenters. The predicted octanol–water partition coefficient (Wildman–Crippen LogP) is 2.07. The number of ether oxygens (including phenoxy) is 2.